The van der Waals surface area contributed by atoms with Gasteiger partial charge in [-0.25, -0.2) is 0 Å². The van der Waals surface area contributed by atoms with E-state index in [4.69, 9.17) is 0 Å². The lowest BCUT2D eigenvalue weighted by molar-refractivity contribution is -0.131. The third-order valence-corrected chi connectivity index (χ3v) is 4.43. The zero-order valence-corrected chi connectivity index (χ0v) is 13.7. The minimum absolute atomic E-state index is 0.318. The van der Waals surface area contributed by atoms with Crippen LogP contribution in [0.1, 0.15) is 52.4 Å². The van der Waals surface area contributed by atoms with E-state index in [-0.39, 0.29) is 0 Å². The fraction of sp³-hybridized carbons (Fsp3) is 0.938. The van der Waals surface area contributed by atoms with Crippen molar-refractivity contribution in [3.05, 3.63) is 0 Å². The average molecular weight is 283 g/mol. The Labute approximate surface area is 124 Å². The van der Waals surface area contributed by atoms with Crippen LogP contribution in [0.15, 0.2) is 0 Å². The summed E-state index contributed by atoms with van der Waals surface area (Å²) >= 11 is 0. The molecular weight excluding hydrogens is 250 g/mol. The molecule has 0 aromatic rings. The Morgan fingerprint density at radius 3 is 2.70 bits per heavy atom. The van der Waals surface area contributed by atoms with Gasteiger partial charge in [-0.1, -0.05) is 6.42 Å². The van der Waals surface area contributed by atoms with Gasteiger partial charge in [-0.2, -0.15) is 0 Å². The summed E-state index contributed by atoms with van der Waals surface area (Å²) in [6.07, 6.45) is 6.96. The molecule has 1 rings (SSSR count). The smallest absolute Gasteiger partial charge is 0.222 e. The van der Waals surface area contributed by atoms with Gasteiger partial charge in [0.25, 0.3) is 0 Å². The lowest BCUT2D eigenvalue weighted by Crippen LogP contribution is -2.41. The fourth-order valence-electron chi connectivity index (χ4n) is 3.16. The van der Waals surface area contributed by atoms with Gasteiger partial charge >= 0.3 is 0 Å². The van der Waals surface area contributed by atoms with Crippen molar-refractivity contribution >= 4 is 5.91 Å². The summed E-state index contributed by atoms with van der Waals surface area (Å²) in [6, 6.07) is 0.722. The van der Waals surface area contributed by atoms with E-state index in [0.29, 0.717) is 12.3 Å². The summed E-state index contributed by atoms with van der Waals surface area (Å²) in [5.74, 6) is 0.318. The van der Waals surface area contributed by atoms with Crippen molar-refractivity contribution in [3.63, 3.8) is 0 Å². The number of piperidine rings is 1. The number of nitrogens with one attached hydrogen (secondary N) is 1. The first-order valence-electron chi connectivity index (χ1n) is 8.39. The maximum Gasteiger partial charge on any atom is 0.222 e. The highest BCUT2D eigenvalue weighted by atomic mass is 16.2. The van der Waals surface area contributed by atoms with Gasteiger partial charge < -0.3 is 15.1 Å². The van der Waals surface area contributed by atoms with Gasteiger partial charge in [0, 0.05) is 25.6 Å². The number of hydrogen-bond acceptors (Lipinski definition) is 3. The number of likely N-dealkylation sites (tertiary alicyclic amines) is 1. The summed E-state index contributed by atoms with van der Waals surface area (Å²) in [5, 5.41) is 3.25. The molecule has 118 valence electrons. The quantitative estimate of drug-likeness (QED) is 0.704. The highest BCUT2D eigenvalue weighted by Crippen LogP contribution is 2.19. The van der Waals surface area contributed by atoms with E-state index in [9.17, 15) is 4.79 Å². The maximum absolute atomic E-state index is 12.0. The van der Waals surface area contributed by atoms with Gasteiger partial charge in [-0.05, 0) is 66.2 Å². The molecule has 1 aliphatic rings. The molecule has 0 spiro atoms. The van der Waals surface area contributed by atoms with Crippen molar-refractivity contribution in [1.29, 1.82) is 0 Å². The van der Waals surface area contributed by atoms with E-state index >= 15 is 0 Å². The van der Waals surface area contributed by atoms with E-state index in [0.717, 1.165) is 38.6 Å². The van der Waals surface area contributed by atoms with Crippen LogP contribution in [-0.4, -0.2) is 61.5 Å². The van der Waals surface area contributed by atoms with Gasteiger partial charge in [-0.15, -0.1) is 0 Å². The Balaban J connectivity index is 2.29. The molecule has 1 fully saturated rings. The molecule has 1 N–H and O–H groups in total. The minimum atomic E-state index is 0.318. The molecule has 0 radical (unpaired) electrons. The summed E-state index contributed by atoms with van der Waals surface area (Å²) in [5.41, 5.74) is 0. The van der Waals surface area contributed by atoms with Crippen LogP contribution < -0.4 is 5.32 Å². The van der Waals surface area contributed by atoms with Crippen molar-refractivity contribution in [2.45, 2.75) is 58.4 Å². The van der Waals surface area contributed by atoms with Crippen LogP contribution in [0.5, 0.6) is 0 Å². The monoisotopic (exact) mass is 283 g/mol. The second kappa shape index (κ2) is 10.2. The number of nitrogens with zero attached hydrogens (tertiary/aromatic N) is 2. The standard InChI is InChI=1S/C16H33N3O/c1-4-18(5-2)16(20)10-8-14-19-13-7-6-9-15(19)11-12-17-3/h15,17H,4-14H2,1-3H3. The topological polar surface area (TPSA) is 35.6 Å². The highest BCUT2D eigenvalue weighted by molar-refractivity contribution is 5.76. The summed E-state index contributed by atoms with van der Waals surface area (Å²) in [4.78, 5) is 16.5. The second-order valence-electron chi connectivity index (χ2n) is 5.75. The lowest BCUT2D eigenvalue weighted by Gasteiger charge is -2.36. The van der Waals surface area contributed by atoms with Gasteiger partial charge in [0.15, 0.2) is 0 Å². The van der Waals surface area contributed by atoms with E-state index in [2.05, 4.69) is 24.1 Å². The Kier molecular flexibility index (Phi) is 8.86. The second-order valence-corrected chi connectivity index (χ2v) is 5.75. The van der Waals surface area contributed by atoms with Crippen molar-refractivity contribution in [2.75, 3.05) is 39.8 Å². The predicted octanol–water partition coefficient (Wildman–Crippen LogP) is 2.10. The van der Waals surface area contributed by atoms with E-state index in [1.54, 1.807) is 0 Å². The van der Waals surface area contributed by atoms with Gasteiger partial charge in [0.2, 0.25) is 5.91 Å². The Morgan fingerprint density at radius 1 is 1.30 bits per heavy atom. The van der Waals surface area contributed by atoms with Gasteiger partial charge in [0.1, 0.15) is 0 Å². The van der Waals surface area contributed by atoms with E-state index in [1.165, 1.54) is 32.2 Å². The van der Waals surface area contributed by atoms with Crippen LogP contribution in [0.2, 0.25) is 0 Å². The van der Waals surface area contributed by atoms with Crippen molar-refractivity contribution in [3.8, 4) is 0 Å². The van der Waals surface area contributed by atoms with Crippen LogP contribution in [0.25, 0.3) is 0 Å². The molecule has 0 aromatic heterocycles. The molecule has 4 nitrogen and oxygen atoms in total. The first kappa shape index (κ1) is 17.4. The summed E-state index contributed by atoms with van der Waals surface area (Å²) in [6.45, 7) is 9.18. The lowest BCUT2D eigenvalue weighted by atomic mass is 9.99. The molecule has 0 aromatic carbocycles. The summed E-state index contributed by atoms with van der Waals surface area (Å²) < 4.78 is 0. The van der Waals surface area contributed by atoms with Crippen LogP contribution >= 0.6 is 0 Å². The zero-order chi connectivity index (χ0) is 14.8. The molecule has 1 amide bonds. The first-order chi connectivity index (χ1) is 9.72. The highest BCUT2D eigenvalue weighted by Gasteiger charge is 2.21. The largest absolute Gasteiger partial charge is 0.343 e. The van der Waals surface area contributed by atoms with Crippen LogP contribution in [0.3, 0.4) is 0 Å². The Bertz CT molecular complexity index is 266. The van der Waals surface area contributed by atoms with Gasteiger partial charge in [0.05, 0.1) is 0 Å². The summed E-state index contributed by atoms with van der Waals surface area (Å²) in [7, 11) is 2.02. The molecule has 1 saturated heterocycles. The number of amides is 1. The normalized spacial score (nSPS) is 20.1. The van der Waals surface area contributed by atoms with Crippen LogP contribution in [0, 0.1) is 0 Å². The molecular formula is C16H33N3O. The average Bonchev–Trinajstić information content (AvgIpc) is 2.47. The molecule has 1 unspecified atom stereocenters. The Morgan fingerprint density at radius 2 is 2.05 bits per heavy atom. The third kappa shape index (κ3) is 5.80. The molecule has 20 heavy (non-hydrogen) atoms. The Hall–Kier alpha value is -0.610. The third-order valence-electron chi connectivity index (χ3n) is 4.43. The van der Waals surface area contributed by atoms with E-state index < -0.39 is 0 Å². The molecule has 1 atom stereocenters. The fourth-order valence-corrected chi connectivity index (χ4v) is 3.16. The molecule has 0 bridgehead atoms. The molecule has 1 aliphatic heterocycles. The van der Waals surface area contributed by atoms with Crippen LogP contribution in [-0.2, 0) is 4.79 Å². The van der Waals surface area contributed by atoms with Gasteiger partial charge in [-0.3, -0.25) is 4.79 Å². The van der Waals surface area contributed by atoms with Crippen LogP contribution in [0.4, 0.5) is 0 Å². The first-order valence-corrected chi connectivity index (χ1v) is 8.39. The predicted molar refractivity (Wildman–Crippen MR) is 84.9 cm³/mol. The van der Waals surface area contributed by atoms with Crippen molar-refractivity contribution < 1.29 is 4.79 Å². The molecule has 4 heteroatoms. The number of hydrogen-bond donors (Lipinski definition) is 1. The minimum Gasteiger partial charge on any atom is -0.343 e. The molecule has 1 heterocycles. The zero-order valence-electron chi connectivity index (χ0n) is 13.7. The number of carbonyl (C=O) groups is 1. The number of rotatable bonds is 9. The van der Waals surface area contributed by atoms with Crippen molar-refractivity contribution in [1.82, 2.24) is 15.1 Å². The SMILES string of the molecule is CCN(CC)C(=O)CCCN1CCCCC1CCNC. The van der Waals surface area contributed by atoms with E-state index in [1.807, 2.05) is 11.9 Å². The molecule has 0 aliphatic carbocycles. The van der Waals surface area contributed by atoms with Crippen molar-refractivity contribution in [2.24, 2.45) is 0 Å². The number of carbonyl (C=O) groups excluding carboxylic acids is 1. The maximum atomic E-state index is 12.0. The molecule has 0 saturated carbocycles.